The van der Waals surface area contributed by atoms with Crippen molar-refractivity contribution in [3.63, 3.8) is 0 Å². The second-order valence-corrected chi connectivity index (χ2v) is 3.97. The predicted octanol–water partition coefficient (Wildman–Crippen LogP) is 2.65. The summed E-state index contributed by atoms with van der Waals surface area (Å²) in [4.78, 5) is 0.908. The maximum absolute atomic E-state index is 10.3. The highest BCUT2D eigenvalue weighted by atomic mass is 32.1. The highest BCUT2D eigenvalue weighted by molar-refractivity contribution is 7.84. The molecule has 0 spiro atoms. The fraction of sp³-hybridized carbons (Fsp3) is 0.167. The Labute approximate surface area is 89.2 Å². The van der Waals surface area contributed by atoms with Crippen molar-refractivity contribution >= 4 is 12.6 Å². The summed E-state index contributed by atoms with van der Waals surface area (Å²) in [5.74, 6) is 0. The van der Waals surface area contributed by atoms with Crippen LogP contribution in [0, 0.1) is 0 Å². The van der Waals surface area contributed by atoms with Gasteiger partial charge in [-0.25, -0.2) is 0 Å². The van der Waals surface area contributed by atoms with Gasteiger partial charge in [0.05, 0.1) is 0 Å². The maximum atomic E-state index is 10.3. The number of thiol groups is 1. The summed E-state index contributed by atoms with van der Waals surface area (Å²) in [6.45, 7) is 0. The largest absolute Gasteiger partial charge is 0.381 e. The molecule has 1 aromatic carbocycles. The van der Waals surface area contributed by atoms with E-state index in [-0.39, 0.29) is 0 Å². The molecular formula is C12H12OS. The third-order valence-corrected chi connectivity index (χ3v) is 2.76. The van der Waals surface area contributed by atoms with E-state index in [2.05, 4.69) is 12.6 Å². The molecule has 14 heavy (non-hydrogen) atoms. The van der Waals surface area contributed by atoms with E-state index in [1.807, 2.05) is 42.5 Å². The summed E-state index contributed by atoms with van der Waals surface area (Å²) in [5.41, 5.74) is 0.0707. The zero-order valence-electron chi connectivity index (χ0n) is 7.72. The van der Waals surface area contributed by atoms with Crippen molar-refractivity contribution < 1.29 is 5.11 Å². The van der Waals surface area contributed by atoms with Crippen LogP contribution in [0.2, 0.25) is 0 Å². The Hall–Kier alpha value is -0.990. The van der Waals surface area contributed by atoms with E-state index in [0.717, 1.165) is 10.5 Å². The molecule has 0 saturated carbocycles. The van der Waals surface area contributed by atoms with Crippen LogP contribution in [0.25, 0.3) is 0 Å². The van der Waals surface area contributed by atoms with E-state index < -0.39 is 5.60 Å². The Bertz CT molecular complexity index is 381. The summed E-state index contributed by atoms with van der Waals surface area (Å²) < 4.78 is 0. The number of hydrogen-bond donors (Lipinski definition) is 2. The zero-order chi connectivity index (χ0) is 10.0. The molecule has 72 valence electrons. The van der Waals surface area contributed by atoms with Gasteiger partial charge in [0, 0.05) is 6.42 Å². The van der Waals surface area contributed by atoms with Crippen LogP contribution in [0.4, 0.5) is 0 Å². The molecule has 0 bridgehead atoms. The number of allylic oxidation sites excluding steroid dienone is 1. The van der Waals surface area contributed by atoms with Crippen molar-refractivity contribution in [2.75, 3.05) is 0 Å². The van der Waals surface area contributed by atoms with Crippen molar-refractivity contribution in [3.8, 4) is 0 Å². The molecule has 0 saturated heterocycles. The second-order valence-electron chi connectivity index (χ2n) is 3.46. The molecule has 1 aromatic rings. The molecule has 1 N–H and O–H groups in total. The van der Waals surface area contributed by atoms with Gasteiger partial charge in [-0.2, -0.15) is 0 Å². The van der Waals surface area contributed by atoms with Gasteiger partial charge in [-0.05, 0) is 22.6 Å². The molecule has 0 aliphatic heterocycles. The molecule has 0 heterocycles. The fourth-order valence-electron chi connectivity index (χ4n) is 1.56. The van der Waals surface area contributed by atoms with Crippen LogP contribution in [0.5, 0.6) is 0 Å². The topological polar surface area (TPSA) is 20.2 Å². The Kier molecular flexibility index (Phi) is 2.48. The summed E-state index contributed by atoms with van der Waals surface area (Å²) in [7, 11) is 0. The quantitative estimate of drug-likeness (QED) is 0.674. The van der Waals surface area contributed by atoms with E-state index in [0.29, 0.717) is 6.42 Å². The average Bonchev–Trinajstić information content (AvgIpc) is 2.24. The lowest BCUT2D eigenvalue weighted by Crippen LogP contribution is -2.23. The van der Waals surface area contributed by atoms with Crippen molar-refractivity contribution in [1.82, 2.24) is 0 Å². The first kappa shape index (κ1) is 9.56. The van der Waals surface area contributed by atoms with Crippen LogP contribution >= 0.6 is 12.6 Å². The molecule has 1 nitrogen and oxygen atoms in total. The lowest BCUT2D eigenvalue weighted by atomic mass is 9.88. The van der Waals surface area contributed by atoms with E-state index in [4.69, 9.17) is 0 Å². The first-order valence-electron chi connectivity index (χ1n) is 4.57. The molecule has 0 fully saturated rings. The SMILES string of the molecule is OC1(c2ccccc2)C=CC(S)=CC1. The summed E-state index contributed by atoms with van der Waals surface area (Å²) in [6, 6.07) is 9.67. The molecule has 1 unspecified atom stereocenters. The van der Waals surface area contributed by atoms with E-state index in [1.54, 1.807) is 6.08 Å². The van der Waals surface area contributed by atoms with Crippen molar-refractivity contribution in [3.05, 3.63) is 59.0 Å². The number of benzene rings is 1. The van der Waals surface area contributed by atoms with Crippen LogP contribution in [0.15, 0.2) is 53.5 Å². The monoisotopic (exact) mass is 204 g/mol. The summed E-state index contributed by atoms with van der Waals surface area (Å²) >= 11 is 4.21. The number of hydrogen-bond acceptors (Lipinski definition) is 2. The smallest absolute Gasteiger partial charge is 0.112 e. The van der Waals surface area contributed by atoms with Gasteiger partial charge in [-0.1, -0.05) is 36.4 Å². The molecule has 1 atom stereocenters. The minimum atomic E-state index is -0.854. The van der Waals surface area contributed by atoms with Crippen LogP contribution in [-0.4, -0.2) is 5.11 Å². The lowest BCUT2D eigenvalue weighted by molar-refractivity contribution is 0.0915. The standard InChI is InChI=1S/C12H12OS/c13-12(8-6-11(14)7-9-12)10-4-2-1-3-5-10/h1-8,13-14H,9H2. The molecule has 0 aromatic heterocycles. The Morgan fingerprint density at radius 1 is 1.21 bits per heavy atom. The maximum Gasteiger partial charge on any atom is 0.112 e. The first-order valence-corrected chi connectivity index (χ1v) is 5.02. The van der Waals surface area contributed by atoms with Gasteiger partial charge in [0.1, 0.15) is 5.60 Å². The van der Waals surface area contributed by atoms with Gasteiger partial charge < -0.3 is 5.11 Å². The highest BCUT2D eigenvalue weighted by Gasteiger charge is 2.26. The molecule has 1 aliphatic rings. The van der Waals surface area contributed by atoms with Gasteiger partial charge in [-0.3, -0.25) is 0 Å². The molecule has 2 heteroatoms. The number of rotatable bonds is 1. The average molecular weight is 204 g/mol. The van der Waals surface area contributed by atoms with Gasteiger partial charge in [0.25, 0.3) is 0 Å². The highest BCUT2D eigenvalue weighted by Crippen LogP contribution is 2.31. The normalized spacial score (nSPS) is 26.0. The van der Waals surface area contributed by atoms with E-state index >= 15 is 0 Å². The van der Waals surface area contributed by atoms with Crippen LogP contribution in [-0.2, 0) is 5.60 Å². The van der Waals surface area contributed by atoms with E-state index in [1.165, 1.54) is 0 Å². The summed E-state index contributed by atoms with van der Waals surface area (Å²) in [6.07, 6.45) is 6.15. The molecule has 1 aliphatic carbocycles. The third kappa shape index (κ3) is 1.76. The predicted molar refractivity (Wildman–Crippen MR) is 61.2 cm³/mol. The van der Waals surface area contributed by atoms with Crippen molar-refractivity contribution in [1.29, 1.82) is 0 Å². The van der Waals surface area contributed by atoms with Gasteiger partial charge in [0.2, 0.25) is 0 Å². The molecule has 0 amide bonds. The van der Waals surface area contributed by atoms with Crippen LogP contribution < -0.4 is 0 Å². The minimum absolute atomic E-state index is 0.590. The summed E-state index contributed by atoms with van der Waals surface area (Å²) in [5, 5.41) is 10.3. The van der Waals surface area contributed by atoms with Gasteiger partial charge >= 0.3 is 0 Å². The second kappa shape index (κ2) is 3.64. The Morgan fingerprint density at radius 3 is 2.50 bits per heavy atom. The fourth-order valence-corrected chi connectivity index (χ4v) is 1.73. The first-order chi connectivity index (χ1) is 6.71. The molecule has 2 rings (SSSR count). The molecule has 0 radical (unpaired) electrons. The van der Waals surface area contributed by atoms with Gasteiger partial charge in [-0.15, -0.1) is 12.6 Å². The van der Waals surface area contributed by atoms with Crippen LogP contribution in [0.3, 0.4) is 0 Å². The zero-order valence-corrected chi connectivity index (χ0v) is 8.61. The van der Waals surface area contributed by atoms with Gasteiger partial charge in [0.15, 0.2) is 0 Å². The lowest BCUT2D eigenvalue weighted by Gasteiger charge is -2.26. The van der Waals surface area contributed by atoms with Crippen molar-refractivity contribution in [2.45, 2.75) is 12.0 Å². The minimum Gasteiger partial charge on any atom is -0.381 e. The Morgan fingerprint density at radius 2 is 1.93 bits per heavy atom. The van der Waals surface area contributed by atoms with Crippen molar-refractivity contribution in [2.24, 2.45) is 0 Å². The Balaban J connectivity index is 2.32. The third-order valence-electron chi connectivity index (χ3n) is 2.43. The molecular weight excluding hydrogens is 192 g/mol. The van der Waals surface area contributed by atoms with E-state index in [9.17, 15) is 5.11 Å². The number of aliphatic hydroxyl groups is 1. The van der Waals surface area contributed by atoms with Crippen LogP contribution in [0.1, 0.15) is 12.0 Å².